The lowest BCUT2D eigenvalue weighted by Gasteiger charge is -2.12. The van der Waals surface area contributed by atoms with Crippen LogP contribution in [0.2, 0.25) is 0 Å². The van der Waals surface area contributed by atoms with Crippen LogP contribution in [0.5, 0.6) is 0 Å². The van der Waals surface area contributed by atoms with Gasteiger partial charge in [0.1, 0.15) is 0 Å². The number of nitrogen functional groups attached to an aromatic ring is 1. The summed E-state index contributed by atoms with van der Waals surface area (Å²) in [4.78, 5) is 34.2. The molecule has 0 atom stereocenters. The van der Waals surface area contributed by atoms with Gasteiger partial charge in [-0.2, -0.15) is 0 Å². The van der Waals surface area contributed by atoms with Crippen LogP contribution in [-0.2, 0) is 4.79 Å². The molecule has 10 heteroatoms. The Balaban J connectivity index is 1.87. The van der Waals surface area contributed by atoms with Crippen LogP contribution in [0.15, 0.2) is 59.2 Å². The van der Waals surface area contributed by atoms with Crippen LogP contribution >= 0.6 is 15.9 Å². The predicted molar refractivity (Wildman–Crippen MR) is 105 cm³/mol. The summed E-state index contributed by atoms with van der Waals surface area (Å²) in [7, 11) is 0. The molecule has 0 aliphatic rings. The maximum absolute atomic E-state index is 12.1. The predicted octanol–water partition coefficient (Wildman–Crippen LogP) is 2.72. The van der Waals surface area contributed by atoms with Gasteiger partial charge in [-0.3, -0.25) is 25.1 Å². The summed E-state index contributed by atoms with van der Waals surface area (Å²) in [5, 5.41) is 13.5. The lowest BCUT2D eigenvalue weighted by molar-refractivity contribution is -0.384. The van der Waals surface area contributed by atoms with E-state index in [-0.39, 0.29) is 35.0 Å². The van der Waals surface area contributed by atoms with Crippen molar-refractivity contribution in [1.82, 2.24) is 10.9 Å². The van der Waals surface area contributed by atoms with Crippen molar-refractivity contribution in [2.45, 2.75) is 6.42 Å². The van der Waals surface area contributed by atoms with Gasteiger partial charge in [0.15, 0.2) is 0 Å². The van der Waals surface area contributed by atoms with Gasteiger partial charge in [0.05, 0.1) is 11.3 Å². The van der Waals surface area contributed by atoms with Crippen LogP contribution in [0, 0.1) is 10.1 Å². The molecule has 2 rings (SSSR count). The molecule has 0 heterocycles. The maximum atomic E-state index is 12.1. The number of nitrogens with two attached hydrogens (primary N) is 1. The highest BCUT2D eigenvalue weighted by Crippen LogP contribution is 2.18. The minimum atomic E-state index is -0.653. The first-order valence-electron chi connectivity index (χ1n) is 7.59. The molecule has 2 aromatic carbocycles. The number of nitrogens with zero attached hydrogens (tertiary/aromatic N) is 1. The number of nitrogens with one attached hydrogen (secondary N) is 3. The van der Waals surface area contributed by atoms with E-state index in [0.717, 1.165) is 16.6 Å². The lowest BCUT2D eigenvalue weighted by atomic mass is 10.1. The number of nitro groups is 1. The number of hydrogen-bond acceptors (Lipinski definition) is 6. The number of anilines is 2. The molecular formula is C17H16BrN5O4. The molecule has 0 fully saturated rings. The molecule has 140 valence electrons. The van der Waals surface area contributed by atoms with E-state index < -0.39 is 10.8 Å². The van der Waals surface area contributed by atoms with Crippen LogP contribution in [0.4, 0.5) is 17.1 Å². The molecule has 0 saturated carbocycles. The van der Waals surface area contributed by atoms with Crippen molar-refractivity contribution in [2.24, 2.45) is 0 Å². The fraction of sp³-hybridized carbons (Fsp3) is 0.0588. The Morgan fingerprint density at radius 1 is 1.15 bits per heavy atom. The van der Waals surface area contributed by atoms with Crippen LogP contribution in [-0.4, -0.2) is 16.7 Å². The Kier molecular flexibility index (Phi) is 6.50. The third-order valence-corrected chi connectivity index (χ3v) is 3.80. The lowest BCUT2D eigenvalue weighted by Crippen LogP contribution is -2.37. The number of nitro benzene ring substituents is 1. The number of halogens is 1. The minimum Gasteiger partial charge on any atom is -0.399 e. The smallest absolute Gasteiger partial charge is 0.272 e. The second kappa shape index (κ2) is 8.81. The molecule has 0 aromatic heterocycles. The molecule has 0 aliphatic heterocycles. The van der Waals surface area contributed by atoms with E-state index in [1.54, 1.807) is 24.3 Å². The summed E-state index contributed by atoms with van der Waals surface area (Å²) < 4.78 is 0.885. The average molecular weight is 434 g/mol. The number of amides is 2. The zero-order valence-corrected chi connectivity index (χ0v) is 15.6. The van der Waals surface area contributed by atoms with Crippen molar-refractivity contribution >= 4 is 44.8 Å². The van der Waals surface area contributed by atoms with Crippen LogP contribution in [0.25, 0.3) is 0 Å². The summed E-state index contributed by atoms with van der Waals surface area (Å²) in [6, 6.07) is 10.6. The third kappa shape index (κ3) is 6.12. The van der Waals surface area contributed by atoms with Gasteiger partial charge in [0.25, 0.3) is 11.6 Å². The van der Waals surface area contributed by atoms with E-state index in [4.69, 9.17) is 5.73 Å². The number of hydrogen-bond donors (Lipinski definition) is 4. The Bertz CT molecular complexity index is 899. The van der Waals surface area contributed by atoms with Crippen LogP contribution in [0.1, 0.15) is 16.8 Å². The largest absolute Gasteiger partial charge is 0.399 e. The van der Waals surface area contributed by atoms with Gasteiger partial charge in [-0.15, -0.1) is 0 Å². The van der Waals surface area contributed by atoms with Crippen molar-refractivity contribution in [3.05, 3.63) is 74.9 Å². The Morgan fingerprint density at radius 3 is 2.44 bits per heavy atom. The van der Waals surface area contributed by atoms with E-state index in [1.807, 2.05) is 0 Å². The molecule has 0 saturated heterocycles. The second-order valence-electron chi connectivity index (χ2n) is 5.48. The molecule has 9 nitrogen and oxygen atoms in total. The molecule has 0 unspecified atom stereocenters. The van der Waals surface area contributed by atoms with Gasteiger partial charge in [-0.05, 0) is 30.3 Å². The van der Waals surface area contributed by atoms with Gasteiger partial charge < -0.3 is 16.5 Å². The number of rotatable bonds is 7. The monoisotopic (exact) mass is 433 g/mol. The van der Waals surface area contributed by atoms with Crippen molar-refractivity contribution in [2.75, 3.05) is 11.1 Å². The summed E-state index contributed by atoms with van der Waals surface area (Å²) in [6.45, 7) is 3.65. The highest BCUT2D eigenvalue weighted by Gasteiger charge is 2.14. The van der Waals surface area contributed by atoms with E-state index in [2.05, 4.69) is 38.7 Å². The molecule has 0 radical (unpaired) electrons. The van der Waals surface area contributed by atoms with E-state index in [9.17, 15) is 19.7 Å². The van der Waals surface area contributed by atoms with Crippen molar-refractivity contribution in [3.8, 4) is 0 Å². The summed E-state index contributed by atoms with van der Waals surface area (Å²) in [6.07, 6.45) is -0.0899. The summed E-state index contributed by atoms with van der Waals surface area (Å²) in [5.41, 5.74) is 11.0. The van der Waals surface area contributed by atoms with E-state index in [1.165, 1.54) is 6.07 Å². The molecular weight excluding hydrogens is 418 g/mol. The van der Waals surface area contributed by atoms with Crippen LogP contribution < -0.4 is 21.9 Å². The van der Waals surface area contributed by atoms with Crippen molar-refractivity contribution in [1.29, 1.82) is 0 Å². The quantitative estimate of drug-likeness (QED) is 0.300. The van der Waals surface area contributed by atoms with Gasteiger partial charge in [-0.25, -0.2) is 0 Å². The first kappa shape index (κ1) is 19.9. The Hall–Kier alpha value is -3.40. The normalized spacial score (nSPS) is 9.96. The topological polar surface area (TPSA) is 139 Å². The highest BCUT2D eigenvalue weighted by atomic mass is 79.9. The number of hydrazine groups is 1. The van der Waals surface area contributed by atoms with Gasteiger partial charge in [0.2, 0.25) is 5.91 Å². The zero-order chi connectivity index (χ0) is 20.0. The molecule has 0 aliphatic carbocycles. The van der Waals surface area contributed by atoms with Crippen molar-refractivity contribution < 1.29 is 14.5 Å². The van der Waals surface area contributed by atoms with Crippen molar-refractivity contribution in [3.63, 3.8) is 0 Å². The molecule has 27 heavy (non-hydrogen) atoms. The molecule has 2 amide bonds. The van der Waals surface area contributed by atoms with Gasteiger partial charge in [-0.1, -0.05) is 22.5 Å². The first-order chi connectivity index (χ1) is 12.7. The second-order valence-corrected chi connectivity index (χ2v) is 6.40. The summed E-state index contributed by atoms with van der Waals surface area (Å²) in [5.74, 6) is -0.983. The van der Waals surface area contributed by atoms with Gasteiger partial charge >= 0.3 is 0 Å². The van der Waals surface area contributed by atoms with Gasteiger partial charge in [0, 0.05) is 39.2 Å². The zero-order valence-electron chi connectivity index (χ0n) is 14.0. The molecule has 2 aromatic rings. The average Bonchev–Trinajstić information content (AvgIpc) is 2.61. The number of non-ortho nitro benzene ring substituents is 1. The van der Waals surface area contributed by atoms with Crippen LogP contribution in [0.3, 0.4) is 0 Å². The number of carbonyl (C=O) groups excluding carboxylic acids is 2. The maximum Gasteiger partial charge on any atom is 0.272 e. The third-order valence-electron chi connectivity index (χ3n) is 3.27. The Labute approximate surface area is 162 Å². The first-order valence-corrected chi connectivity index (χ1v) is 8.38. The number of benzene rings is 2. The molecule has 0 spiro atoms. The molecule has 0 bridgehead atoms. The molecule has 5 N–H and O–H groups in total. The highest BCUT2D eigenvalue weighted by molar-refractivity contribution is 9.10. The fourth-order valence-electron chi connectivity index (χ4n) is 2.06. The van der Waals surface area contributed by atoms with E-state index in [0.29, 0.717) is 5.69 Å². The SMILES string of the molecule is C=C(CC(=O)Nc1ccc(Br)cc1)NNC(=O)c1cc(N)cc([N+](=O)[O-])c1. The fourth-order valence-corrected chi connectivity index (χ4v) is 2.33. The Morgan fingerprint density at radius 2 is 1.81 bits per heavy atom. The van der Waals surface area contributed by atoms with E-state index >= 15 is 0 Å². The number of carbonyl (C=O) groups is 2. The minimum absolute atomic E-state index is 0.00122. The summed E-state index contributed by atoms with van der Waals surface area (Å²) >= 11 is 3.30. The standard InChI is InChI=1S/C17H16BrN5O4/c1-10(6-16(24)20-14-4-2-12(18)3-5-14)21-22-17(25)11-7-13(19)9-15(8-11)23(26)27/h2-5,7-9,21H,1,6,19H2,(H,20,24)(H,22,25).